The number of para-hydroxylation sites is 1. The van der Waals surface area contributed by atoms with Gasteiger partial charge >= 0.3 is 29.8 Å². The predicted octanol–water partition coefficient (Wildman–Crippen LogP) is -5.58. The number of unbranched alkanes of at least 4 members (excludes halogenated alkanes) is 4. The number of fused-ring (bicyclic) bond motifs is 1. The van der Waals surface area contributed by atoms with Gasteiger partial charge in [-0.05, 0) is 81.9 Å². The van der Waals surface area contributed by atoms with Crippen molar-refractivity contribution >= 4 is 129 Å². The van der Waals surface area contributed by atoms with Crippen LogP contribution in [0.1, 0.15) is 157 Å². The number of ether oxygens (including phenoxy) is 2. The number of H-pyrrole nitrogens is 1. The molecule has 2 aromatic rings. The van der Waals surface area contributed by atoms with E-state index in [9.17, 15) is 117 Å². The number of carbonyl (C=O) groups is 20. The summed E-state index contributed by atoms with van der Waals surface area (Å²) in [6.45, 7) is 7.81. The zero-order valence-electron chi connectivity index (χ0n) is 67.2. The fourth-order valence-electron chi connectivity index (χ4n) is 12.3. The van der Waals surface area contributed by atoms with Crippen LogP contribution < -0.4 is 81.0 Å². The van der Waals surface area contributed by atoms with Gasteiger partial charge in [-0.1, -0.05) is 91.3 Å². The number of nitrogens with two attached hydrogens (primary N) is 3. The van der Waals surface area contributed by atoms with Gasteiger partial charge in [0.25, 0.3) is 0 Å². The number of carboxylic acid groups (broad SMARTS) is 4. The Bertz CT molecular complexity index is 3910. The number of aliphatic hydroxyl groups is 1. The van der Waals surface area contributed by atoms with Crippen molar-refractivity contribution < 1.29 is 131 Å². The molecule has 44 heteroatoms. The summed E-state index contributed by atoms with van der Waals surface area (Å²) in [5.74, 6) is -30.5. The summed E-state index contributed by atoms with van der Waals surface area (Å²) >= 11 is 0. The number of esters is 1. The highest BCUT2D eigenvalue weighted by Gasteiger charge is 2.44. The van der Waals surface area contributed by atoms with Crippen molar-refractivity contribution in [1.82, 2.24) is 73.7 Å². The van der Waals surface area contributed by atoms with E-state index in [1.807, 2.05) is 10.6 Å². The second kappa shape index (κ2) is 49.8. The monoisotopic (exact) mass is 1670 g/mol. The third-order valence-corrected chi connectivity index (χ3v) is 19.5. The number of rotatable bonds is 38. The standard InChI is InChI=1S/C74H113N17O27/c1-10-35(3)20-14-12-13-15-24-49(93)81-45(29-40-32-78-42-22-17-16-21-41(40)42)66(107)84-44(25-26-52(96)97)65(106)89-58(60(102)62(77)103)71(112)88-57-39(7)118-74(116)56(36(4)11-2)87-70(111)55(37(5)28-53(98)99)86-68(109)46(30-48(76)92)82-50(94)33-79-69(110)59(61(117-9)73(114)115)90-64(105)43(23-18-19-27-75)83-67(108)47(31-54(100)101)85-63(104)38(6)80-51(95)34-91(8)72(57)113/h16-17,21-22,32,35-39,43-47,55-61,78,102H,10-15,18-20,23-31,33-34,75H2,1-9H3,(H2,76,92)(H2,77,103)(H,79,110)(H,80,95)(H,81,93)(H,82,94)(H,83,108)(H,84,107)(H,85,104)(H,86,109)(H,87,111)(H,88,112)(H,89,106)(H,90,105)(H,96,97)(H,98,99)(H,100,101)(H,114,115)/t35?,36-,37+,38-,39?,43+,44+,45-,46+,47?,55?,56-,57?,58-,59-,60+,61+/m0/s1. The molecule has 1 fully saturated rings. The zero-order valence-corrected chi connectivity index (χ0v) is 67.2. The fourth-order valence-corrected chi connectivity index (χ4v) is 12.3. The van der Waals surface area contributed by atoms with Crippen LogP contribution in [0.5, 0.6) is 0 Å². The van der Waals surface area contributed by atoms with Crippen LogP contribution in [0.4, 0.5) is 0 Å². The Kier molecular flexibility index (Phi) is 42.3. The molecule has 1 saturated heterocycles. The molecule has 15 amide bonds. The molecule has 1 aliphatic heterocycles. The van der Waals surface area contributed by atoms with E-state index in [-0.39, 0.29) is 45.1 Å². The predicted molar refractivity (Wildman–Crippen MR) is 413 cm³/mol. The average molecular weight is 1670 g/mol. The van der Waals surface area contributed by atoms with Crippen molar-refractivity contribution in [2.75, 3.05) is 33.8 Å². The summed E-state index contributed by atoms with van der Waals surface area (Å²) in [6.07, 6.45) is -6.14. The van der Waals surface area contributed by atoms with Gasteiger partial charge in [0, 0.05) is 50.5 Å². The summed E-state index contributed by atoms with van der Waals surface area (Å²) in [5.41, 5.74) is 17.8. The van der Waals surface area contributed by atoms with Crippen molar-refractivity contribution in [2.24, 2.45) is 35.0 Å². The Balaban J connectivity index is 2.30. The quantitative estimate of drug-likeness (QED) is 0.0220. The Morgan fingerprint density at radius 3 is 1.83 bits per heavy atom. The number of aromatic nitrogens is 1. The average Bonchev–Trinajstić information content (AvgIpc) is 1.72. The van der Waals surface area contributed by atoms with Gasteiger partial charge in [0.2, 0.25) is 88.6 Å². The first-order valence-corrected chi connectivity index (χ1v) is 38.4. The molecule has 0 aliphatic carbocycles. The van der Waals surface area contributed by atoms with Crippen LogP contribution in [-0.2, 0) is 112 Å². The molecule has 656 valence electrons. The van der Waals surface area contributed by atoms with Crippen molar-refractivity contribution in [2.45, 2.75) is 242 Å². The second-order valence-corrected chi connectivity index (χ2v) is 29.0. The number of aliphatic carboxylic acids is 4. The van der Waals surface area contributed by atoms with Crippen LogP contribution in [0.15, 0.2) is 30.5 Å². The molecule has 1 aromatic carbocycles. The highest BCUT2D eigenvalue weighted by Crippen LogP contribution is 2.22. The Morgan fingerprint density at radius 2 is 1.23 bits per heavy atom. The van der Waals surface area contributed by atoms with Crippen LogP contribution in [0, 0.1) is 17.8 Å². The number of nitrogens with one attached hydrogen (secondary N) is 13. The topological polar surface area (TPSA) is 702 Å². The SMILES string of the molecule is CCC(C)CCCCCCC(=O)N[C@@H](Cc1c[nH]c2ccccc12)C(=O)N[C@H](CCC(=O)O)C(=O)N[C@H](C(=O)NC1C(=O)N(C)CC(=O)N[C@@H](C)C(=O)NC(CC(=O)O)C(=O)N[C@H](CCCCN)C(=O)N[C@@H]([C@@H](OC)C(=O)O)C(=O)NCC(=O)N[C@H](CC(N)=O)C(=O)NC([C@H](C)CC(=O)O)C(=O)N[C@@H]([C@@H](C)CC)C(=O)OC1C)[C@@H](O)C(N)=O. The van der Waals surface area contributed by atoms with Gasteiger partial charge in [0.05, 0.1) is 32.4 Å². The van der Waals surface area contributed by atoms with Gasteiger partial charge in [0.15, 0.2) is 12.2 Å². The van der Waals surface area contributed by atoms with Gasteiger partial charge < -0.3 is 126 Å². The second-order valence-electron chi connectivity index (χ2n) is 29.0. The number of nitrogens with zero attached hydrogens (tertiary/aromatic N) is 1. The number of hydrogen-bond donors (Lipinski definition) is 21. The smallest absolute Gasteiger partial charge is 0.335 e. The largest absolute Gasteiger partial charge is 0.481 e. The van der Waals surface area contributed by atoms with Gasteiger partial charge in [-0.15, -0.1) is 0 Å². The maximum atomic E-state index is 15.0. The number of likely N-dealkylation sites (N-methyl/N-ethyl adjacent to an activating group) is 1. The zero-order chi connectivity index (χ0) is 89.0. The molecule has 0 radical (unpaired) electrons. The van der Waals surface area contributed by atoms with Gasteiger partial charge in [-0.2, -0.15) is 0 Å². The molecule has 1 aliphatic rings. The summed E-state index contributed by atoms with van der Waals surface area (Å²) in [7, 11) is 1.70. The number of hydrogen-bond acceptors (Lipinski definition) is 24. The maximum Gasteiger partial charge on any atom is 0.335 e. The van der Waals surface area contributed by atoms with Crippen molar-refractivity contribution in [1.29, 1.82) is 0 Å². The lowest BCUT2D eigenvalue weighted by Gasteiger charge is -2.33. The van der Waals surface area contributed by atoms with Gasteiger partial charge in [-0.25, -0.2) is 9.59 Å². The molecule has 0 bridgehead atoms. The summed E-state index contributed by atoms with van der Waals surface area (Å²) < 4.78 is 10.8. The minimum Gasteiger partial charge on any atom is -0.481 e. The molecule has 0 spiro atoms. The van der Waals surface area contributed by atoms with Gasteiger partial charge in [0.1, 0.15) is 72.6 Å². The molecule has 5 unspecified atom stereocenters. The number of carboxylic acids is 4. The molecule has 44 nitrogen and oxygen atoms in total. The Labute approximate surface area is 678 Å². The third kappa shape index (κ3) is 33.3. The molecule has 2 heterocycles. The first-order valence-electron chi connectivity index (χ1n) is 38.4. The minimum atomic E-state index is -2.80. The Hall–Kier alpha value is -12.0. The highest BCUT2D eigenvalue weighted by atomic mass is 16.5. The number of amides is 15. The number of aromatic amines is 1. The van der Waals surface area contributed by atoms with Crippen molar-refractivity contribution in [3.05, 3.63) is 36.0 Å². The summed E-state index contributed by atoms with van der Waals surface area (Å²) in [5, 5.41) is 78.5. The molecule has 1 aromatic heterocycles. The number of benzene rings is 1. The van der Waals surface area contributed by atoms with Gasteiger partial charge in [-0.3, -0.25) is 86.3 Å². The number of carbonyl (C=O) groups excluding carboxylic acids is 16. The maximum absolute atomic E-state index is 15.0. The number of primary amides is 2. The van der Waals surface area contributed by atoms with Crippen LogP contribution >= 0.6 is 0 Å². The number of methoxy groups -OCH3 is 1. The number of aliphatic hydroxyl groups excluding tert-OH is 1. The van der Waals surface area contributed by atoms with E-state index in [1.54, 1.807) is 30.5 Å². The lowest BCUT2D eigenvalue weighted by atomic mass is 9.94. The van der Waals surface area contributed by atoms with Crippen LogP contribution in [0.2, 0.25) is 0 Å². The molecular formula is C74H113N17O27. The highest BCUT2D eigenvalue weighted by molar-refractivity contribution is 6.03. The van der Waals surface area contributed by atoms with E-state index in [0.29, 0.717) is 40.1 Å². The molecular weight excluding hydrogens is 1560 g/mol. The molecule has 24 N–H and O–H groups in total. The molecule has 0 saturated carbocycles. The van der Waals surface area contributed by atoms with Crippen molar-refractivity contribution in [3.8, 4) is 0 Å². The van der Waals surface area contributed by atoms with Crippen LogP contribution in [0.3, 0.4) is 0 Å². The fraction of sp³-hybridized carbons (Fsp3) is 0.622. The van der Waals surface area contributed by atoms with E-state index in [2.05, 4.69) is 72.0 Å². The van der Waals surface area contributed by atoms with E-state index in [4.69, 9.17) is 26.7 Å². The van der Waals surface area contributed by atoms with E-state index >= 15 is 4.79 Å². The van der Waals surface area contributed by atoms with Crippen LogP contribution in [-0.4, -0.2) is 272 Å². The normalized spacial score (nSPS) is 22.2. The number of cyclic esters (lactones) is 1. The van der Waals surface area contributed by atoms with Crippen molar-refractivity contribution in [3.63, 3.8) is 0 Å². The Morgan fingerprint density at radius 1 is 0.619 bits per heavy atom. The van der Waals surface area contributed by atoms with E-state index in [1.165, 1.54) is 13.8 Å². The minimum absolute atomic E-state index is 0.00432. The van der Waals surface area contributed by atoms with Crippen LogP contribution in [0.25, 0.3) is 10.9 Å². The molecule has 118 heavy (non-hydrogen) atoms. The molecule has 17 atom stereocenters. The lowest BCUT2D eigenvalue weighted by Crippen LogP contribution is -2.64. The van der Waals surface area contributed by atoms with E-state index < -0.39 is 260 Å². The lowest BCUT2D eigenvalue weighted by molar-refractivity contribution is -0.159. The summed E-state index contributed by atoms with van der Waals surface area (Å²) in [6, 6.07) is -15.7. The first kappa shape index (κ1) is 100. The third-order valence-electron chi connectivity index (χ3n) is 19.5. The first-order chi connectivity index (χ1) is 55.5. The molecule has 3 rings (SSSR count). The summed E-state index contributed by atoms with van der Waals surface area (Å²) in [4.78, 5) is 278. The van der Waals surface area contributed by atoms with E-state index in [0.717, 1.165) is 60.6 Å².